The van der Waals surface area contributed by atoms with Crippen LogP contribution in [0.5, 0.6) is 0 Å². The quantitative estimate of drug-likeness (QED) is 0.612. The van der Waals surface area contributed by atoms with Crippen LogP contribution < -0.4 is 0 Å². The van der Waals surface area contributed by atoms with Crippen molar-refractivity contribution in [2.24, 2.45) is 5.41 Å². The number of aryl methyl sites for hydroxylation is 1. The fraction of sp³-hybridized carbons (Fsp3) is 0.292. The van der Waals surface area contributed by atoms with Crippen molar-refractivity contribution in [1.29, 1.82) is 0 Å². The van der Waals surface area contributed by atoms with Crippen LogP contribution >= 0.6 is 0 Å². The third kappa shape index (κ3) is 3.32. The predicted molar refractivity (Wildman–Crippen MR) is 118 cm³/mol. The maximum atomic E-state index is 13.3. The van der Waals surface area contributed by atoms with E-state index in [4.69, 9.17) is 0 Å². The first-order valence-electron chi connectivity index (χ1n) is 10.4. The Kier molecular flexibility index (Phi) is 4.64. The van der Waals surface area contributed by atoms with Crippen molar-refractivity contribution >= 4 is 16.1 Å². The topological polar surface area (TPSA) is 55.2 Å². The Morgan fingerprint density at radius 3 is 2.58 bits per heavy atom. The van der Waals surface area contributed by atoms with Crippen LogP contribution in [0.4, 0.5) is 4.39 Å². The van der Waals surface area contributed by atoms with E-state index in [-0.39, 0.29) is 11.2 Å². The molecule has 2 aliphatic rings. The first-order chi connectivity index (χ1) is 14.8. The first kappa shape index (κ1) is 20.2. The van der Waals surface area contributed by atoms with E-state index in [0.29, 0.717) is 24.4 Å². The summed E-state index contributed by atoms with van der Waals surface area (Å²) in [6.07, 6.45) is 5.38. The molecule has 2 aromatic carbocycles. The monoisotopic (exact) mass is 437 g/mol. The number of aromatic nitrogens is 2. The van der Waals surface area contributed by atoms with Gasteiger partial charge in [0.05, 0.1) is 22.5 Å². The average molecular weight is 438 g/mol. The van der Waals surface area contributed by atoms with Gasteiger partial charge in [0.25, 0.3) is 0 Å². The predicted octanol–water partition coefficient (Wildman–Crippen LogP) is 4.36. The summed E-state index contributed by atoms with van der Waals surface area (Å²) in [6.45, 7) is 4.87. The van der Waals surface area contributed by atoms with E-state index in [0.717, 1.165) is 28.9 Å². The van der Waals surface area contributed by atoms with Gasteiger partial charge in [-0.25, -0.2) is 17.5 Å². The molecule has 31 heavy (non-hydrogen) atoms. The Balaban J connectivity index is 1.47. The van der Waals surface area contributed by atoms with Gasteiger partial charge in [-0.15, -0.1) is 0 Å². The molecular formula is C24H24FN3O2S. The van der Waals surface area contributed by atoms with Gasteiger partial charge in [-0.3, -0.25) is 0 Å². The molecule has 1 aliphatic carbocycles. The second-order valence-corrected chi connectivity index (χ2v) is 10.6. The molecule has 0 radical (unpaired) electrons. The second kappa shape index (κ2) is 7.14. The van der Waals surface area contributed by atoms with Gasteiger partial charge < -0.3 is 0 Å². The van der Waals surface area contributed by atoms with Crippen molar-refractivity contribution in [2.75, 3.05) is 13.1 Å². The molecule has 1 aromatic heterocycles. The van der Waals surface area contributed by atoms with Crippen LogP contribution in [0.25, 0.3) is 11.8 Å². The fourth-order valence-corrected chi connectivity index (χ4v) is 6.57. The Morgan fingerprint density at radius 2 is 1.84 bits per heavy atom. The fourth-order valence-electron chi connectivity index (χ4n) is 4.78. The van der Waals surface area contributed by atoms with Gasteiger partial charge in [-0.05, 0) is 67.3 Å². The van der Waals surface area contributed by atoms with Crippen LogP contribution in [0.15, 0.2) is 65.2 Å². The first-order valence-corrected chi connectivity index (χ1v) is 11.8. The van der Waals surface area contributed by atoms with Gasteiger partial charge in [0.1, 0.15) is 5.82 Å². The molecule has 2 heterocycles. The van der Waals surface area contributed by atoms with Gasteiger partial charge in [0, 0.05) is 18.5 Å². The van der Waals surface area contributed by atoms with E-state index in [9.17, 15) is 12.8 Å². The van der Waals surface area contributed by atoms with E-state index in [1.54, 1.807) is 28.6 Å². The van der Waals surface area contributed by atoms with Crippen molar-refractivity contribution < 1.29 is 12.8 Å². The zero-order chi connectivity index (χ0) is 21.8. The third-order valence-electron chi connectivity index (χ3n) is 6.49. The molecule has 1 saturated heterocycles. The molecule has 1 fully saturated rings. The summed E-state index contributed by atoms with van der Waals surface area (Å²) in [7, 11) is -3.55. The van der Waals surface area contributed by atoms with Crippen molar-refractivity contribution in [3.8, 4) is 5.69 Å². The number of benzene rings is 2. The molecule has 5 nitrogen and oxygen atoms in total. The summed E-state index contributed by atoms with van der Waals surface area (Å²) >= 11 is 0. The van der Waals surface area contributed by atoms with Gasteiger partial charge >= 0.3 is 0 Å². The van der Waals surface area contributed by atoms with Crippen molar-refractivity contribution in [3.05, 3.63) is 82.9 Å². The van der Waals surface area contributed by atoms with Crippen molar-refractivity contribution in [2.45, 2.75) is 31.6 Å². The number of hydrogen-bond acceptors (Lipinski definition) is 3. The average Bonchev–Trinajstić information content (AvgIpc) is 3.14. The molecule has 7 heteroatoms. The molecule has 3 aromatic rings. The zero-order valence-electron chi connectivity index (χ0n) is 17.5. The van der Waals surface area contributed by atoms with Crippen molar-refractivity contribution in [1.82, 2.24) is 14.1 Å². The largest absolute Gasteiger partial charge is 0.243 e. The Labute approximate surface area is 181 Å². The summed E-state index contributed by atoms with van der Waals surface area (Å²) in [5, 5.41) is 4.53. The lowest BCUT2D eigenvalue weighted by Crippen LogP contribution is -2.47. The lowest BCUT2D eigenvalue weighted by molar-refractivity contribution is 0.231. The van der Waals surface area contributed by atoms with Crippen LogP contribution in [-0.4, -0.2) is 35.6 Å². The van der Waals surface area contributed by atoms with E-state index < -0.39 is 10.0 Å². The highest BCUT2D eigenvalue weighted by molar-refractivity contribution is 7.89. The summed E-state index contributed by atoms with van der Waals surface area (Å²) in [6, 6.07) is 13.4. The van der Waals surface area contributed by atoms with E-state index >= 15 is 0 Å². The third-order valence-corrected chi connectivity index (χ3v) is 8.50. The van der Waals surface area contributed by atoms with Crippen LogP contribution in [-0.2, 0) is 16.4 Å². The van der Waals surface area contributed by atoms with Crippen LogP contribution in [0.2, 0.25) is 0 Å². The van der Waals surface area contributed by atoms with Crippen LogP contribution in [0, 0.1) is 18.2 Å². The molecule has 0 unspecified atom stereocenters. The normalized spacial score (nSPS) is 21.3. The minimum absolute atomic E-state index is 0.280. The van der Waals surface area contributed by atoms with Crippen molar-refractivity contribution in [3.63, 3.8) is 0 Å². The van der Waals surface area contributed by atoms with Gasteiger partial charge in [-0.1, -0.05) is 30.7 Å². The highest BCUT2D eigenvalue weighted by Gasteiger charge is 2.43. The maximum Gasteiger partial charge on any atom is 0.243 e. The summed E-state index contributed by atoms with van der Waals surface area (Å²) in [5.41, 5.74) is 4.60. The van der Waals surface area contributed by atoms with Crippen LogP contribution in [0.1, 0.15) is 30.2 Å². The van der Waals surface area contributed by atoms with Gasteiger partial charge in [0.2, 0.25) is 10.0 Å². The van der Waals surface area contributed by atoms with E-state index in [1.165, 1.54) is 17.7 Å². The summed E-state index contributed by atoms with van der Waals surface area (Å²) < 4.78 is 43.5. The molecule has 0 bridgehead atoms. The maximum absolute atomic E-state index is 13.3. The molecule has 0 spiro atoms. The molecule has 1 aliphatic heterocycles. The molecule has 160 valence electrons. The minimum atomic E-state index is -3.55. The summed E-state index contributed by atoms with van der Waals surface area (Å²) in [4.78, 5) is 0.381. The van der Waals surface area contributed by atoms with E-state index in [2.05, 4.69) is 18.1 Å². The smallest absolute Gasteiger partial charge is 0.233 e. The number of halogens is 1. The number of fused-ring (bicyclic) bond motifs is 2. The van der Waals surface area contributed by atoms with E-state index in [1.807, 2.05) is 29.9 Å². The molecule has 0 saturated carbocycles. The molecule has 1 atom stereocenters. The zero-order valence-corrected chi connectivity index (χ0v) is 18.4. The van der Waals surface area contributed by atoms with Gasteiger partial charge in [-0.2, -0.15) is 9.40 Å². The minimum Gasteiger partial charge on any atom is -0.233 e. The number of hydrogen-bond donors (Lipinski definition) is 0. The molecular weight excluding hydrogens is 413 g/mol. The molecule has 0 N–H and O–H groups in total. The highest BCUT2D eigenvalue weighted by atomic mass is 32.2. The highest BCUT2D eigenvalue weighted by Crippen LogP contribution is 2.45. The Hall–Kier alpha value is -2.77. The Morgan fingerprint density at radius 1 is 1.10 bits per heavy atom. The molecule has 5 rings (SSSR count). The summed E-state index contributed by atoms with van der Waals surface area (Å²) in [5.74, 6) is -0.280. The number of piperidine rings is 1. The van der Waals surface area contributed by atoms with Crippen LogP contribution in [0.3, 0.4) is 0 Å². The number of rotatable bonds is 3. The lowest BCUT2D eigenvalue weighted by atomic mass is 9.70. The number of sulfonamides is 1. The second-order valence-electron chi connectivity index (χ2n) is 8.70. The van der Waals surface area contributed by atoms with Gasteiger partial charge in [0.15, 0.2) is 0 Å². The Bertz CT molecular complexity index is 1290. The SMILES string of the molecule is Cc1ccccc1S(=O)(=O)N1CCC2=Cc3c(cnn3-c3ccc(F)cc3)C[C@]2(C)C1. The standard InChI is InChI=1S/C24H24FN3O2S/c1-17-5-3-4-6-23(17)31(29,30)27-12-11-19-13-22-18(14-24(19,2)16-27)15-26-28(22)21-9-7-20(25)8-10-21/h3-10,13,15H,11-12,14,16H2,1-2H3/t24-/m1/s1. The number of nitrogens with zero attached hydrogens (tertiary/aromatic N) is 3. The molecule has 0 amide bonds. The lowest BCUT2D eigenvalue weighted by Gasteiger charge is -2.44.